The van der Waals surface area contributed by atoms with Crippen molar-refractivity contribution in [3.05, 3.63) is 23.8 Å². The summed E-state index contributed by atoms with van der Waals surface area (Å²) in [6, 6.07) is 6.15. The normalized spacial score (nSPS) is 8.87. The topological polar surface area (TPSA) is 21.3 Å². The van der Waals surface area contributed by atoms with E-state index < -0.39 is 0 Å². The van der Waals surface area contributed by atoms with E-state index in [2.05, 4.69) is 31.3 Å². The highest BCUT2D eigenvalue weighted by Gasteiger charge is 2.00. The van der Waals surface area contributed by atoms with Crippen molar-refractivity contribution in [2.24, 2.45) is 0 Å². The zero-order valence-corrected chi connectivity index (χ0v) is 10.6. The third kappa shape index (κ3) is 4.73. The van der Waals surface area contributed by atoms with Crippen LogP contribution in [0.2, 0.25) is 0 Å². The molecule has 0 atom stereocenters. The van der Waals surface area contributed by atoms with Crippen LogP contribution in [0.25, 0.3) is 0 Å². The summed E-state index contributed by atoms with van der Waals surface area (Å²) in [6.07, 6.45) is 1.12. The van der Waals surface area contributed by atoms with Crippen molar-refractivity contribution < 1.29 is 4.74 Å². The largest absolute Gasteiger partial charge is 0.495 e. The minimum Gasteiger partial charge on any atom is -0.495 e. The average Bonchev–Trinajstić information content (AvgIpc) is 2.29. The summed E-state index contributed by atoms with van der Waals surface area (Å²) in [5.74, 6) is 0.916. The first-order valence-electron chi connectivity index (χ1n) is 5.66. The van der Waals surface area contributed by atoms with Crippen molar-refractivity contribution in [3.63, 3.8) is 0 Å². The van der Waals surface area contributed by atoms with Crippen LogP contribution in [0.15, 0.2) is 18.2 Å². The highest BCUT2D eigenvalue weighted by molar-refractivity contribution is 5.57. The Morgan fingerprint density at radius 3 is 2.47 bits per heavy atom. The molecule has 1 aromatic carbocycles. The molecule has 15 heavy (non-hydrogen) atoms. The Morgan fingerprint density at radius 1 is 1.27 bits per heavy atom. The third-order valence-electron chi connectivity index (χ3n) is 1.92. The summed E-state index contributed by atoms with van der Waals surface area (Å²) < 4.78 is 5.23. The molecule has 0 aromatic heterocycles. The molecular formula is C13H23NO. The summed E-state index contributed by atoms with van der Waals surface area (Å²) in [7, 11) is 1.70. The number of rotatable bonds is 4. The molecule has 0 fully saturated rings. The number of hydrogen-bond acceptors (Lipinski definition) is 2. The van der Waals surface area contributed by atoms with Gasteiger partial charge in [-0.1, -0.05) is 26.8 Å². The van der Waals surface area contributed by atoms with Gasteiger partial charge in [0.25, 0.3) is 0 Å². The molecule has 0 saturated carbocycles. The third-order valence-corrected chi connectivity index (χ3v) is 1.92. The molecule has 0 unspecified atom stereocenters. The van der Waals surface area contributed by atoms with Crippen molar-refractivity contribution in [1.82, 2.24) is 0 Å². The molecule has 0 heterocycles. The van der Waals surface area contributed by atoms with Gasteiger partial charge in [-0.25, -0.2) is 0 Å². The van der Waals surface area contributed by atoms with Crippen LogP contribution >= 0.6 is 0 Å². The zero-order chi connectivity index (χ0) is 11.7. The lowest BCUT2D eigenvalue weighted by molar-refractivity contribution is 0.416. The van der Waals surface area contributed by atoms with E-state index in [9.17, 15) is 0 Å². The van der Waals surface area contributed by atoms with Gasteiger partial charge in [0.2, 0.25) is 0 Å². The van der Waals surface area contributed by atoms with Crippen LogP contribution in [0.4, 0.5) is 5.69 Å². The molecular weight excluding hydrogens is 186 g/mol. The highest BCUT2D eigenvalue weighted by Crippen LogP contribution is 2.24. The van der Waals surface area contributed by atoms with Gasteiger partial charge in [0.1, 0.15) is 5.75 Å². The van der Waals surface area contributed by atoms with Gasteiger partial charge in [-0.2, -0.15) is 0 Å². The van der Waals surface area contributed by atoms with Crippen molar-refractivity contribution in [3.8, 4) is 5.75 Å². The Hall–Kier alpha value is -1.18. The molecule has 0 aliphatic rings. The Balaban J connectivity index is 0.000000921. The van der Waals surface area contributed by atoms with Crippen molar-refractivity contribution >= 4 is 5.69 Å². The molecule has 1 rings (SSSR count). The first kappa shape index (κ1) is 13.8. The number of ether oxygens (including phenoxy) is 1. The minimum atomic E-state index is 0.916. The monoisotopic (exact) mass is 209 g/mol. The Labute approximate surface area is 93.7 Å². The van der Waals surface area contributed by atoms with Crippen LogP contribution < -0.4 is 10.1 Å². The van der Waals surface area contributed by atoms with E-state index in [1.54, 1.807) is 7.11 Å². The van der Waals surface area contributed by atoms with Gasteiger partial charge < -0.3 is 10.1 Å². The SMILES string of the molecule is CC.CCCNc1cc(C)ccc1OC. The molecule has 86 valence electrons. The van der Waals surface area contributed by atoms with Crippen molar-refractivity contribution in [2.45, 2.75) is 34.1 Å². The molecule has 0 amide bonds. The molecule has 2 heteroatoms. The number of benzene rings is 1. The molecule has 0 radical (unpaired) electrons. The van der Waals surface area contributed by atoms with Gasteiger partial charge in [0.15, 0.2) is 0 Å². The fraction of sp³-hybridized carbons (Fsp3) is 0.538. The predicted molar refractivity (Wildman–Crippen MR) is 67.9 cm³/mol. The van der Waals surface area contributed by atoms with E-state index in [-0.39, 0.29) is 0 Å². The van der Waals surface area contributed by atoms with Crippen LogP contribution in [0.1, 0.15) is 32.8 Å². The number of anilines is 1. The standard InChI is InChI=1S/C11H17NO.C2H6/c1-4-7-12-10-8-9(2)5-6-11(10)13-3;1-2/h5-6,8,12H,4,7H2,1-3H3;1-2H3. The van der Waals surface area contributed by atoms with E-state index >= 15 is 0 Å². The molecule has 2 nitrogen and oxygen atoms in total. The van der Waals surface area contributed by atoms with E-state index in [1.807, 2.05) is 19.9 Å². The summed E-state index contributed by atoms with van der Waals surface area (Å²) >= 11 is 0. The second-order valence-corrected chi connectivity index (χ2v) is 3.13. The van der Waals surface area contributed by atoms with Gasteiger partial charge in [-0.05, 0) is 31.0 Å². The Kier molecular flexibility index (Phi) is 7.51. The summed E-state index contributed by atoms with van der Waals surface area (Å²) in [6.45, 7) is 9.21. The molecule has 0 saturated heterocycles. The van der Waals surface area contributed by atoms with E-state index in [0.717, 1.165) is 24.4 Å². The second kappa shape index (κ2) is 8.16. The Bertz CT molecular complexity index is 271. The fourth-order valence-corrected chi connectivity index (χ4v) is 1.22. The molecule has 1 N–H and O–H groups in total. The first-order valence-corrected chi connectivity index (χ1v) is 5.66. The van der Waals surface area contributed by atoms with Gasteiger partial charge in [-0.15, -0.1) is 0 Å². The summed E-state index contributed by atoms with van der Waals surface area (Å²) in [5, 5.41) is 3.33. The van der Waals surface area contributed by atoms with Crippen molar-refractivity contribution in [1.29, 1.82) is 0 Å². The minimum absolute atomic E-state index is 0.916. The molecule has 0 spiro atoms. The fourth-order valence-electron chi connectivity index (χ4n) is 1.22. The van der Waals surface area contributed by atoms with Crippen LogP contribution in [-0.4, -0.2) is 13.7 Å². The van der Waals surface area contributed by atoms with Gasteiger partial charge in [0, 0.05) is 6.54 Å². The molecule has 1 aromatic rings. The lowest BCUT2D eigenvalue weighted by atomic mass is 10.2. The van der Waals surface area contributed by atoms with Gasteiger partial charge in [-0.3, -0.25) is 0 Å². The maximum absolute atomic E-state index is 5.23. The van der Waals surface area contributed by atoms with Gasteiger partial charge >= 0.3 is 0 Å². The second-order valence-electron chi connectivity index (χ2n) is 3.13. The van der Waals surface area contributed by atoms with E-state index in [1.165, 1.54) is 5.56 Å². The lowest BCUT2D eigenvalue weighted by Gasteiger charge is -2.10. The van der Waals surface area contributed by atoms with Crippen LogP contribution in [0.3, 0.4) is 0 Å². The van der Waals surface area contributed by atoms with Crippen LogP contribution in [0.5, 0.6) is 5.75 Å². The molecule has 0 aliphatic carbocycles. The smallest absolute Gasteiger partial charge is 0.141 e. The van der Waals surface area contributed by atoms with Crippen molar-refractivity contribution in [2.75, 3.05) is 19.0 Å². The summed E-state index contributed by atoms with van der Waals surface area (Å²) in [4.78, 5) is 0. The highest BCUT2D eigenvalue weighted by atomic mass is 16.5. The van der Waals surface area contributed by atoms with Gasteiger partial charge in [0.05, 0.1) is 12.8 Å². The number of methoxy groups -OCH3 is 1. The first-order chi connectivity index (χ1) is 7.27. The average molecular weight is 209 g/mol. The lowest BCUT2D eigenvalue weighted by Crippen LogP contribution is -2.01. The maximum Gasteiger partial charge on any atom is 0.141 e. The number of hydrogen-bond donors (Lipinski definition) is 1. The maximum atomic E-state index is 5.23. The predicted octanol–water partition coefficient (Wildman–Crippen LogP) is 3.85. The van der Waals surface area contributed by atoms with Crippen LogP contribution in [-0.2, 0) is 0 Å². The van der Waals surface area contributed by atoms with E-state index in [0.29, 0.717) is 0 Å². The molecule has 0 aliphatic heterocycles. The summed E-state index contributed by atoms with van der Waals surface area (Å²) in [5.41, 5.74) is 2.34. The van der Waals surface area contributed by atoms with E-state index in [4.69, 9.17) is 4.74 Å². The van der Waals surface area contributed by atoms with Crippen LogP contribution in [0, 0.1) is 6.92 Å². The quantitative estimate of drug-likeness (QED) is 0.813. The zero-order valence-electron chi connectivity index (χ0n) is 10.6. The number of nitrogens with one attached hydrogen (secondary N) is 1. The Morgan fingerprint density at radius 2 is 1.93 bits per heavy atom. The molecule has 0 bridgehead atoms. The number of aryl methyl sites for hydroxylation is 1.